The number of Topliss-reactive ketones (excluding diaryl/α,β-unsaturated/α-hetero) is 1. The number of benzene rings is 4. The summed E-state index contributed by atoms with van der Waals surface area (Å²) in [5.74, 6) is -0.0586. The van der Waals surface area contributed by atoms with E-state index in [1.54, 1.807) is 41.7 Å². The lowest BCUT2D eigenvalue weighted by Crippen LogP contribution is -2.38. The molecule has 0 aliphatic carbocycles. The summed E-state index contributed by atoms with van der Waals surface area (Å²) in [5, 5.41) is 13.7. The molecule has 1 amide bonds. The number of nitro groups is 1. The number of rotatable bonds is 9. The first-order chi connectivity index (χ1) is 18.4. The van der Waals surface area contributed by atoms with Crippen molar-refractivity contribution in [3.05, 3.63) is 117 Å². The van der Waals surface area contributed by atoms with E-state index in [1.165, 1.54) is 33.2 Å². The maximum absolute atomic E-state index is 13.3. The minimum absolute atomic E-state index is 0.155. The summed E-state index contributed by atoms with van der Waals surface area (Å²) >= 11 is 4.82. The molecule has 0 spiro atoms. The zero-order chi connectivity index (χ0) is 26.6. The van der Waals surface area contributed by atoms with Gasteiger partial charge in [0, 0.05) is 37.4 Å². The van der Waals surface area contributed by atoms with Crippen molar-refractivity contribution in [2.24, 2.45) is 0 Å². The molecular weight excluding hydrogens is 568 g/mol. The minimum atomic E-state index is -0.561. The van der Waals surface area contributed by atoms with Crippen molar-refractivity contribution in [3.63, 3.8) is 0 Å². The molecule has 5 rings (SSSR count). The van der Waals surface area contributed by atoms with Gasteiger partial charge in [-0.25, -0.2) is 0 Å². The molecule has 0 atom stereocenters. The highest BCUT2D eigenvalue weighted by molar-refractivity contribution is 9.10. The molecule has 9 heteroatoms. The molecule has 4 aromatic carbocycles. The smallest absolute Gasteiger partial charge is 0.284 e. The fourth-order valence-electron chi connectivity index (χ4n) is 4.18. The number of nitrogens with zero attached hydrogens (tertiary/aromatic N) is 2. The van der Waals surface area contributed by atoms with Crippen molar-refractivity contribution in [1.29, 1.82) is 0 Å². The molecule has 1 aromatic heterocycles. The Kier molecular flexibility index (Phi) is 7.48. The largest absolute Gasteiger partial charge is 0.492 e. The van der Waals surface area contributed by atoms with E-state index in [1.807, 2.05) is 30.3 Å². The molecule has 0 bridgehead atoms. The number of hydrogen-bond donors (Lipinski definition) is 0. The third kappa shape index (κ3) is 5.44. The Balaban J connectivity index is 1.33. The molecule has 7 nitrogen and oxygen atoms in total. The molecule has 0 saturated heterocycles. The zero-order valence-electron chi connectivity index (χ0n) is 20.0. The second kappa shape index (κ2) is 11.1. The number of hydrogen-bond acceptors (Lipinski definition) is 6. The van der Waals surface area contributed by atoms with Gasteiger partial charge in [0.2, 0.25) is 0 Å². The second-order valence-corrected chi connectivity index (χ2v) is 10.5. The first-order valence-corrected chi connectivity index (χ1v) is 13.4. The summed E-state index contributed by atoms with van der Waals surface area (Å²) in [7, 11) is 0. The van der Waals surface area contributed by atoms with Gasteiger partial charge in [-0.15, -0.1) is 11.3 Å². The molecule has 0 N–H and O–H groups in total. The van der Waals surface area contributed by atoms with Gasteiger partial charge in [0.15, 0.2) is 5.78 Å². The third-order valence-corrected chi connectivity index (χ3v) is 7.89. The molecule has 0 unspecified atom stereocenters. The number of amides is 1. The van der Waals surface area contributed by atoms with Gasteiger partial charge in [0.25, 0.3) is 11.6 Å². The maximum atomic E-state index is 13.3. The number of ketones is 1. The van der Waals surface area contributed by atoms with Gasteiger partial charge in [0.05, 0.1) is 22.5 Å². The number of halogens is 1. The van der Waals surface area contributed by atoms with Crippen LogP contribution in [0.2, 0.25) is 0 Å². The monoisotopic (exact) mass is 588 g/mol. The van der Waals surface area contributed by atoms with Crippen LogP contribution in [0.1, 0.15) is 20.7 Å². The van der Waals surface area contributed by atoms with Crippen molar-refractivity contribution in [3.8, 4) is 5.75 Å². The van der Waals surface area contributed by atoms with Crippen molar-refractivity contribution < 1.29 is 19.2 Å². The quantitative estimate of drug-likeness (QED) is 0.104. The second-order valence-electron chi connectivity index (χ2n) is 8.54. The lowest BCUT2D eigenvalue weighted by molar-refractivity contribution is -0.385. The predicted molar refractivity (Wildman–Crippen MR) is 152 cm³/mol. The van der Waals surface area contributed by atoms with E-state index in [0.29, 0.717) is 11.3 Å². The molecular formula is C29H21BrN2O5S. The molecule has 5 aromatic rings. The van der Waals surface area contributed by atoms with Crippen LogP contribution in [0.5, 0.6) is 5.75 Å². The topological polar surface area (TPSA) is 89.8 Å². The molecule has 0 aliphatic heterocycles. The summed E-state index contributed by atoms with van der Waals surface area (Å²) in [6, 6.07) is 27.0. The van der Waals surface area contributed by atoms with Gasteiger partial charge < -0.3 is 9.64 Å². The number of carbonyl (C=O) groups excluding carboxylic acids is 2. The number of nitro benzene ring substituents is 1. The Hall–Kier alpha value is -4.08. The van der Waals surface area contributed by atoms with E-state index in [0.717, 1.165) is 10.1 Å². The summed E-state index contributed by atoms with van der Waals surface area (Å²) in [6.07, 6.45) is 0. The lowest BCUT2D eigenvalue weighted by atomic mass is 10.1. The Bertz CT molecular complexity index is 1670. The number of carbonyl (C=O) groups is 2. The van der Waals surface area contributed by atoms with E-state index in [9.17, 15) is 19.7 Å². The fraction of sp³-hybridized carbons (Fsp3) is 0.103. The molecule has 0 fully saturated rings. The third-order valence-electron chi connectivity index (χ3n) is 6.09. The summed E-state index contributed by atoms with van der Waals surface area (Å²) in [6.45, 7) is 0.0799. The van der Waals surface area contributed by atoms with E-state index < -0.39 is 10.7 Å². The average Bonchev–Trinajstić information content (AvgIpc) is 3.30. The van der Waals surface area contributed by atoms with Crippen molar-refractivity contribution in [1.82, 2.24) is 4.90 Å². The van der Waals surface area contributed by atoms with Gasteiger partial charge in [-0.2, -0.15) is 0 Å². The maximum Gasteiger partial charge on any atom is 0.284 e. The Morgan fingerprint density at radius 2 is 1.61 bits per heavy atom. The predicted octanol–water partition coefficient (Wildman–Crippen LogP) is 7.13. The van der Waals surface area contributed by atoms with Crippen LogP contribution in [0.15, 0.2) is 95.5 Å². The minimum Gasteiger partial charge on any atom is -0.492 e. The van der Waals surface area contributed by atoms with Crippen LogP contribution in [-0.2, 0) is 0 Å². The highest BCUT2D eigenvalue weighted by atomic mass is 79.9. The van der Waals surface area contributed by atoms with Crippen LogP contribution in [0.25, 0.3) is 20.2 Å². The summed E-state index contributed by atoms with van der Waals surface area (Å²) in [4.78, 5) is 38.5. The van der Waals surface area contributed by atoms with Gasteiger partial charge in [-0.3, -0.25) is 19.7 Å². The zero-order valence-corrected chi connectivity index (χ0v) is 22.4. The summed E-state index contributed by atoms with van der Waals surface area (Å²) in [5.41, 5.74) is 0.382. The summed E-state index contributed by atoms with van der Waals surface area (Å²) < 4.78 is 8.57. The standard InChI is InChI=1S/C29H21BrN2O5S/c30-24-13-10-20(16-25(24)32(35)36)26(33)18-31(29(34)19-6-2-1-3-7-19)14-15-37-21-11-12-23-22-8-4-5-9-27(22)38-28(23)17-21/h1-13,16-17H,14-15,18H2. The van der Waals surface area contributed by atoms with Gasteiger partial charge in [-0.05, 0) is 64.5 Å². The van der Waals surface area contributed by atoms with Crippen LogP contribution in [0.4, 0.5) is 5.69 Å². The average molecular weight is 589 g/mol. The first-order valence-electron chi connectivity index (χ1n) is 11.8. The molecule has 0 aliphatic rings. The number of thiophene rings is 1. The van der Waals surface area contributed by atoms with Gasteiger partial charge in [0.1, 0.15) is 12.4 Å². The van der Waals surface area contributed by atoms with Crippen LogP contribution in [-0.4, -0.2) is 41.2 Å². The molecule has 190 valence electrons. The van der Waals surface area contributed by atoms with E-state index >= 15 is 0 Å². The van der Waals surface area contributed by atoms with Crippen molar-refractivity contribution in [2.75, 3.05) is 19.7 Å². The van der Waals surface area contributed by atoms with Crippen LogP contribution >= 0.6 is 27.3 Å². The van der Waals surface area contributed by atoms with Crippen molar-refractivity contribution >= 4 is 64.8 Å². The SMILES string of the molecule is O=C(CN(CCOc1ccc2c(c1)sc1ccccc12)C(=O)c1ccccc1)c1ccc(Br)c([N+](=O)[O-])c1. The number of fused-ring (bicyclic) bond motifs is 3. The Morgan fingerprint density at radius 3 is 2.39 bits per heavy atom. The first kappa shape index (κ1) is 25.6. The van der Waals surface area contributed by atoms with Crippen LogP contribution in [0.3, 0.4) is 0 Å². The number of ether oxygens (including phenoxy) is 1. The lowest BCUT2D eigenvalue weighted by Gasteiger charge is -2.22. The Labute approximate surface area is 230 Å². The fourth-order valence-corrected chi connectivity index (χ4v) is 5.70. The highest BCUT2D eigenvalue weighted by Gasteiger charge is 2.22. The molecule has 1 heterocycles. The molecule has 38 heavy (non-hydrogen) atoms. The molecule has 0 saturated carbocycles. The van der Waals surface area contributed by atoms with Crippen LogP contribution < -0.4 is 4.74 Å². The highest BCUT2D eigenvalue weighted by Crippen LogP contribution is 2.35. The van der Waals surface area contributed by atoms with Crippen molar-refractivity contribution in [2.45, 2.75) is 0 Å². The van der Waals surface area contributed by atoms with E-state index in [2.05, 4.69) is 28.1 Å². The molecule has 0 radical (unpaired) electrons. The van der Waals surface area contributed by atoms with E-state index in [4.69, 9.17) is 4.74 Å². The van der Waals surface area contributed by atoms with Gasteiger partial charge in [-0.1, -0.05) is 36.4 Å². The van der Waals surface area contributed by atoms with E-state index in [-0.39, 0.29) is 41.3 Å². The Morgan fingerprint density at radius 1 is 0.868 bits per heavy atom. The normalized spacial score (nSPS) is 11.0. The van der Waals surface area contributed by atoms with Crippen LogP contribution in [0, 0.1) is 10.1 Å². The van der Waals surface area contributed by atoms with Gasteiger partial charge >= 0.3 is 0 Å².